The van der Waals surface area contributed by atoms with Crippen molar-refractivity contribution in [3.8, 4) is 0 Å². The first kappa shape index (κ1) is 15.8. The van der Waals surface area contributed by atoms with Crippen molar-refractivity contribution in [2.45, 2.75) is 45.3 Å². The largest absolute Gasteiger partial charge is 0.369 e. The standard InChI is InChI=1S/C17H22N4O2/c1-4-15-12(2)16(22-10-14-8-6-5-7-9-14)13(3)17(23-15)21-11-18-19-20-21/h5-9,11-12,15-17H,3-4,10H2,1-2H3/t12-,15+,16-,17?/m0/s1. The second-order valence-electron chi connectivity index (χ2n) is 5.88. The van der Waals surface area contributed by atoms with Crippen molar-refractivity contribution in [1.82, 2.24) is 20.2 Å². The molecule has 23 heavy (non-hydrogen) atoms. The SMILES string of the molecule is C=C1C(n2cnnn2)O[C@H](CC)[C@H](C)[C@@H]1OCc1ccccc1. The molecule has 6 nitrogen and oxygen atoms in total. The summed E-state index contributed by atoms with van der Waals surface area (Å²) in [6.45, 7) is 9.00. The molecule has 6 heteroatoms. The van der Waals surface area contributed by atoms with E-state index in [1.165, 1.54) is 0 Å². The van der Waals surface area contributed by atoms with E-state index < -0.39 is 0 Å². The van der Waals surface area contributed by atoms with E-state index in [1.807, 2.05) is 18.2 Å². The molecule has 4 atom stereocenters. The molecule has 1 aliphatic rings. The monoisotopic (exact) mass is 314 g/mol. The molecule has 0 bridgehead atoms. The van der Waals surface area contributed by atoms with Gasteiger partial charge in [-0.25, -0.2) is 0 Å². The van der Waals surface area contributed by atoms with E-state index in [0.717, 1.165) is 17.6 Å². The van der Waals surface area contributed by atoms with Crippen LogP contribution < -0.4 is 0 Å². The van der Waals surface area contributed by atoms with E-state index in [4.69, 9.17) is 9.47 Å². The summed E-state index contributed by atoms with van der Waals surface area (Å²) >= 11 is 0. The molecule has 122 valence electrons. The van der Waals surface area contributed by atoms with Gasteiger partial charge in [0.15, 0.2) is 6.23 Å². The molecule has 0 aliphatic carbocycles. The zero-order chi connectivity index (χ0) is 16.2. The van der Waals surface area contributed by atoms with Crippen LogP contribution in [0.4, 0.5) is 0 Å². The average molecular weight is 314 g/mol. The lowest BCUT2D eigenvalue weighted by atomic mass is 9.87. The lowest BCUT2D eigenvalue weighted by molar-refractivity contribution is -0.143. The van der Waals surface area contributed by atoms with Gasteiger partial charge < -0.3 is 9.47 Å². The molecular weight excluding hydrogens is 292 g/mol. The van der Waals surface area contributed by atoms with Crippen LogP contribution in [0.5, 0.6) is 0 Å². The van der Waals surface area contributed by atoms with Crippen LogP contribution in [-0.4, -0.2) is 32.4 Å². The summed E-state index contributed by atoms with van der Waals surface area (Å²) in [5.41, 5.74) is 2.00. The molecule has 2 aromatic rings. The molecule has 1 unspecified atom stereocenters. The third kappa shape index (κ3) is 3.33. The van der Waals surface area contributed by atoms with Crippen molar-refractivity contribution < 1.29 is 9.47 Å². The minimum atomic E-state index is -0.382. The molecule has 2 heterocycles. The fourth-order valence-corrected chi connectivity index (χ4v) is 3.05. The molecule has 0 spiro atoms. The predicted molar refractivity (Wildman–Crippen MR) is 85.3 cm³/mol. The van der Waals surface area contributed by atoms with Crippen LogP contribution in [-0.2, 0) is 16.1 Å². The fraction of sp³-hybridized carbons (Fsp3) is 0.471. The van der Waals surface area contributed by atoms with E-state index in [9.17, 15) is 0 Å². The Hall–Kier alpha value is -2.05. The summed E-state index contributed by atoms with van der Waals surface area (Å²) in [5, 5.41) is 11.3. The van der Waals surface area contributed by atoms with Gasteiger partial charge in [-0.3, -0.25) is 0 Å². The average Bonchev–Trinajstić information content (AvgIpc) is 3.10. The third-order valence-electron chi connectivity index (χ3n) is 4.33. The maximum Gasteiger partial charge on any atom is 0.178 e. The minimum Gasteiger partial charge on any atom is -0.369 e. The highest BCUT2D eigenvalue weighted by atomic mass is 16.5. The Morgan fingerprint density at radius 3 is 2.74 bits per heavy atom. The maximum absolute atomic E-state index is 6.19. The molecule has 3 rings (SSSR count). The number of hydrogen-bond acceptors (Lipinski definition) is 5. The Morgan fingerprint density at radius 2 is 2.09 bits per heavy atom. The lowest BCUT2D eigenvalue weighted by Crippen LogP contribution is -2.44. The minimum absolute atomic E-state index is 0.0791. The maximum atomic E-state index is 6.19. The molecule has 0 amide bonds. The van der Waals surface area contributed by atoms with Crippen LogP contribution in [0.1, 0.15) is 32.1 Å². The highest BCUT2D eigenvalue weighted by molar-refractivity contribution is 5.16. The van der Waals surface area contributed by atoms with Crippen molar-refractivity contribution in [2.24, 2.45) is 5.92 Å². The van der Waals surface area contributed by atoms with Crippen LogP contribution in [0.3, 0.4) is 0 Å². The second-order valence-corrected chi connectivity index (χ2v) is 5.88. The summed E-state index contributed by atoms with van der Waals surface area (Å²) in [6, 6.07) is 10.1. The van der Waals surface area contributed by atoms with Crippen LogP contribution in [0.2, 0.25) is 0 Å². The van der Waals surface area contributed by atoms with Gasteiger partial charge in [-0.2, -0.15) is 4.68 Å². The number of aromatic nitrogens is 4. The van der Waals surface area contributed by atoms with Crippen LogP contribution >= 0.6 is 0 Å². The Bertz CT molecular complexity index is 629. The number of benzene rings is 1. The molecule has 0 N–H and O–H groups in total. The van der Waals surface area contributed by atoms with Gasteiger partial charge in [0.2, 0.25) is 0 Å². The van der Waals surface area contributed by atoms with Crippen molar-refractivity contribution in [3.05, 3.63) is 54.4 Å². The van der Waals surface area contributed by atoms with Gasteiger partial charge in [0.1, 0.15) is 6.33 Å². The van der Waals surface area contributed by atoms with E-state index in [1.54, 1.807) is 11.0 Å². The fourth-order valence-electron chi connectivity index (χ4n) is 3.05. The van der Waals surface area contributed by atoms with Crippen LogP contribution in [0, 0.1) is 5.92 Å². The predicted octanol–water partition coefficient (Wildman–Crippen LogP) is 2.76. The first-order valence-electron chi connectivity index (χ1n) is 7.92. The zero-order valence-corrected chi connectivity index (χ0v) is 13.5. The number of nitrogens with zero attached hydrogens (tertiary/aromatic N) is 4. The first-order chi connectivity index (χ1) is 11.2. The smallest absolute Gasteiger partial charge is 0.178 e. The number of hydrogen-bond donors (Lipinski definition) is 0. The topological polar surface area (TPSA) is 62.1 Å². The molecular formula is C17H22N4O2. The van der Waals surface area contributed by atoms with E-state index in [2.05, 4.69) is 48.1 Å². The van der Waals surface area contributed by atoms with E-state index in [-0.39, 0.29) is 24.4 Å². The molecule has 1 fully saturated rings. The van der Waals surface area contributed by atoms with E-state index in [0.29, 0.717) is 6.61 Å². The highest BCUT2D eigenvalue weighted by Crippen LogP contribution is 2.37. The van der Waals surface area contributed by atoms with Crippen molar-refractivity contribution in [3.63, 3.8) is 0 Å². The Balaban J connectivity index is 1.77. The van der Waals surface area contributed by atoms with Crippen molar-refractivity contribution in [1.29, 1.82) is 0 Å². The highest BCUT2D eigenvalue weighted by Gasteiger charge is 2.40. The van der Waals surface area contributed by atoms with Gasteiger partial charge in [-0.05, 0) is 22.4 Å². The van der Waals surface area contributed by atoms with Gasteiger partial charge in [0.05, 0.1) is 18.8 Å². The Labute approximate surface area is 136 Å². The summed E-state index contributed by atoms with van der Waals surface area (Å²) in [4.78, 5) is 0. The lowest BCUT2D eigenvalue weighted by Gasteiger charge is -2.41. The number of ether oxygens (including phenoxy) is 2. The molecule has 1 aliphatic heterocycles. The number of tetrazole rings is 1. The van der Waals surface area contributed by atoms with Gasteiger partial charge in [0.25, 0.3) is 0 Å². The van der Waals surface area contributed by atoms with Crippen LogP contribution in [0.15, 0.2) is 48.8 Å². The normalized spacial score (nSPS) is 28.0. The quantitative estimate of drug-likeness (QED) is 0.794. The zero-order valence-electron chi connectivity index (χ0n) is 13.5. The molecule has 0 saturated carbocycles. The summed E-state index contributed by atoms with van der Waals surface area (Å²) < 4.78 is 13.9. The molecule has 1 saturated heterocycles. The van der Waals surface area contributed by atoms with Gasteiger partial charge in [-0.1, -0.05) is 50.8 Å². The molecule has 1 aromatic heterocycles. The van der Waals surface area contributed by atoms with Gasteiger partial charge >= 0.3 is 0 Å². The van der Waals surface area contributed by atoms with Crippen LogP contribution in [0.25, 0.3) is 0 Å². The van der Waals surface area contributed by atoms with Gasteiger partial charge in [0, 0.05) is 11.5 Å². The molecule has 1 aromatic carbocycles. The summed E-state index contributed by atoms with van der Waals surface area (Å²) in [7, 11) is 0. The van der Waals surface area contributed by atoms with E-state index >= 15 is 0 Å². The van der Waals surface area contributed by atoms with Crippen molar-refractivity contribution in [2.75, 3.05) is 0 Å². The Kier molecular flexibility index (Phi) is 4.83. The number of rotatable bonds is 5. The third-order valence-corrected chi connectivity index (χ3v) is 4.33. The molecule has 0 radical (unpaired) electrons. The summed E-state index contributed by atoms with van der Waals surface area (Å²) in [6.07, 6.45) is 2.05. The second kappa shape index (κ2) is 7.02. The van der Waals surface area contributed by atoms with Crippen molar-refractivity contribution >= 4 is 0 Å². The van der Waals surface area contributed by atoms with Gasteiger partial charge in [-0.15, -0.1) is 5.10 Å². The Morgan fingerprint density at radius 1 is 1.30 bits per heavy atom. The summed E-state index contributed by atoms with van der Waals surface area (Å²) in [5.74, 6) is 0.226. The first-order valence-corrected chi connectivity index (χ1v) is 7.92.